The van der Waals surface area contributed by atoms with Crippen molar-refractivity contribution in [2.75, 3.05) is 39.8 Å². The fourth-order valence-corrected chi connectivity index (χ4v) is 3.42. The SMILES string of the molecule is COc1cccc2[nH]cc(CCN=C(N)N3CCN(C(=O)OC(C)(C)C)CC3)c12. The lowest BCUT2D eigenvalue weighted by Crippen LogP contribution is -2.53. The van der Waals surface area contributed by atoms with Gasteiger partial charge in [0.25, 0.3) is 0 Å². The highest BCUT2D eigenvalue weighted by molar-refractivity contribution is 5.89. The summed E-state index contributed by atoms with van der Waals surface area (Å²) in [6.45, 7) is 8.64. The number of amides is 1. The first-order valence-corrected chi connectivity index (χ1v) is 9.94. The maximum absolute atomic E-state index is 12.2. The van der Waals surface area contributed by atoms with E-state index in [1.54, 1.807) is 12.0 Å². The number of H-pyrrole nitrogens is 1. The van der Waals surface area contributed by atoms with Crippen molar-refractivity contribution in [3.05, 3.63) is 30.0 Å². The molecule has 0 spiro atoms. The third-order valence-electron chi connectivity index (χ3n) is 4.88. The summed E-state index contributed by atoms with van der Waals surface area (Å²) < 4.78 is 10.9. The average Bonchev–Trinajstić information content (AvgIpc) is 3.10. The third kappa shape index (κ3) is 5.13. The van der Waals surface area contributed by atoms with Crippen LogP contribution in [0, 0.1) is 0 Å². The van der Waals surface area contributed by atoms with Crippen LogP contribution in [0.4, 0.5) is 4.79 Å². The van der Waals surface area contributed by atoms with Crippen LogP contribution in [0.2, 0.25) is 0 Å². The quantitative estimate of drug-likeness (QED) is 0.606. The largest absolute Gasteiger partial charge is 0.496 e. The zero-order valence-corrected chi connectivity index (χ0v) is 17.7. The summed E-state index contributed by atoms with van der Waals surface area (Å²) in [7, 11) is 1.68. The number of piperazine rings is 1. The van der Waals surface area contributed by atoms with Crippen molar-refractivity contribution in [1.29, 1.82) is 0 Å². The molecule has 0 radical (unpaired) electrons. The number of ether oxygens (including phenoxy) is 2. The summed E-state index contributed by atoms with van der Waals surface area (Å²) in [5, 5.41) is 1.09. The number of carbonyl (C=O) groups is 1. The number of guanidine groups is 1. The van der Waals surface area contributed by atoms with E-state index in [0.717, 1.165) is 28.6 Å². The minimum Gasteiger partial charge on any atom is -0.496 e. The molecular weight excluding hydrogens is 370 g/mol. The molecule has 1 fully saturated rings. The summed E-state index contributed by atoms with van der Waals surface area (Å²) in [5.41, 5.74) is 7.91. The number of aliphatic imine (C=N–C) groups is 1. The van der Waals surface area contributed by atoms with E-state index in [1.165, 1.54) is 0 Å². The van der Waals surface area contributed by atoms with Crippen molar-refractivity contribution < 1.29 is 14.3 Å². The van der Waals surface area contributed by atoms with Crippen LogP contribution in [0.3, 0.4) is 0 Å². The number of methoxy groups -OCH3 is 1. The Morgan fingerprint density at radius 1 is 1.21 bits per heavy atom. The highest BCUT2D eigenvalue weighted by atomic mass is 16.6. The molecule has 1 aliphatic rings. The second-order valence-corrected chi connectivity index (χ2v) is 8.14. The smallest absolute Gasteiger partial charge is 0.410 e. The summed E-state index contributed by atoms with van der Waals surface area (Å²) in [6, 6.07) is 5.96. The molecule has 8 nitrogen and oxygen atoms in total. The van der Waals surface area contributed by atoms with E-state index < -0.39 is 5.60 Å². The second-order valence-electron chi connectivity index (χ2n) is 8.14. The molecule has 0 bridgehead atoms. The third-order valence-corrected chi connectivity index (χ3v) is 4.88. The Balaban J connectivity index is 1.53. The van der Waals surface area contributed by atoms with Crippen LogP contribution in [0.25, 0.3) is 10.9 Å². The van der Waals surface area contributed by atoms with E-state index >= 15 is 0 Å². The fraction of sp³-hybridized carbons (Fsp3) is 0.524. The number of benzene rings is 1. The molecule has 158 valence electrons. The molecule has 1 saturated heterocycles. The summed E-state index contributed by atoms with van der Waals surface area (Å²) in [6.07, 6.45) is 2.48. The second kappa shape index (κ2) is 8.63. The average molecular weight is 402 g/mol. The van der Waals surface area contributed by atoms with Crippen molar-refractivity contribution in [1.82, 2.24) is 14.8 Å². The lowest BCUT2D eigenvalue weighted by Gasteiger charge is -2.36. The molecule has 1 amide bonds. The van der Waals surface area contributed by atoms with Crippen molar-refractivity contribution in [2.24, 2.45) is 10.7 Å². The van der Waals surface area contributed by atoms with Gasteiger partial charge in [-0.15, -0.1) is 0 Å². The molecule has 0 aliphatic carbocycles. The maximum atomic E-state index is 12.2. The molecule has 8 heteroatoms. The first-order valence-electron chi connectivity index (χ1n) is 9.94. The Kier molecular flexibility index (Phi) is 6.20. The maximum Gasteiger partial charge on any atom is 0.410 e. The number of nitrogens with two attached hydrogens (primary N) is 1. The number of aromatic amines is 1. The van der Waals surface area contributed by atoms with Gasteiger partial charge in [-0.3, -0.25) is 4.99 Å². The predicted octanol–water partition coefficient (Wildman–Crippen LogP) is 2.59. The van der Waals surface area contributed by atoms with E-state index in [2.05, 4.69) is 9.98 Å². The van der Waals surface area contributed by atoms with Gasteiger partial charge < -0.3 is 30.0 Å². The van der Waals surface area contributed by atoms with Gasteiger partial charge in [0.05, 0.1) is 7.11 Å². The van der Waals surface area contributed by atoms with Crippen molar-refractivity contribution in [3.8, 4) is 5.75 Å². The summed E-state index contributed by atoms with van der Waals surface area (Å²) in [5.74, 6) is 1.37. The van der Waals surface area contributed by atoms with E-state index in [1.807, 2.05) is 50.1 Å². The fourth-order valence-electron chi connectivity index (χ4n) is 3.42. The van der Waals surface area contributed by atoms with Crippen molar-refractivity contribution >= 4 is 23.0 Å². The Morgan fingerprint density at radius 2 is 1.90 bits per heavy atom. The Bertz CT molecular complexity index is 876. The molecule has 3 rings (SSSR count). The Labute approximate surface area is 171 Å². The number of rotatable bonds is 4. The van der Waals surface area contributed by atoms with E-state index in [4.69, 9.17) is 15.2 Å². The number of nitrogens with one attached hydrogen (secondary N) is 1. The zero-order valence-electron chi connectivity index (χ0n) is 17.7. The number of carbonyl (C=O) groups excluding carboxylic acids is 1. The minimum atomic E-state index is -0.486. The summed E-state index contributed by atoms with van der Waals surface area (Å²) >= 11 is 0. The lowest BCUT2D eigenvalue weighted by molar-refractivity contribution is 0.0186. The molecule has 2 aromatic rings. The van der Waals surface area contributed by atoms with Gasteiger partial charge in [0, 0.05) is 49.8 Å². The molecule has 0 saturated carbocycles. The highest BCUT2D eigenvalue weighted by Crippen LogP contribution is 2.28. The Morgan fingerprint density at radius 3 is 2.55 bits per heavy atom. The molecule has 1 aromatic carbocycles. The highest BCUT2D eigenvalue weighted by Gasteiger charge is 2.26. The molecule has 1 aliphatic heterocycles. The van der Waals surface area contributed by atoms with Gasteiger partial charge in [0.15, 0.2) is 5.96 Å². The van der Waals surface area contributed by atoms with Gasteiger partial charge >= 0.3 is 6.09 Å². The predicted molar refractivity (Wildman–Crippen MR) is 114 cm³/mol. The monoisotopic (exact) mass is 401 g/mol. The molecule has 1 aromatic heterocycles. The van der Waals surface area contributed by atoms with Gasteiger partial charge in [-0.1, -0.05) is 6.07 Å². The Hall–Kier alpha value is -2.90. The number of hydrogen-bond acceptors (Lipinski definition) is 4. The van der Waals surface area contributed by atoms with Crippen LogP contribution in [-0.2, 0) is 11.2 Å². The normalized spacial score (nSPS) is 15.7. The minimum absolute atomic E-state index is 0.277. The molecule has 0 atom stereocenters. The van der Waals surface area contributed by atoms with Crippen LogP contribution in [0.1, 0.15) is 26.3 Å². The van der Waals surface area contributed by atoms with Crippen LogP contribution < -0.4 is 10.5 Å². The van der Waals surface area contributed by atoms with E-state index in [-0.39, 0.29) is 6.09 Å². The first kappa shape index (κ1) is 20.8. The lowest BCUT2D eigenvalue weighted by atomic mass is 10.1. The summed E-state index contributed by atoms with van der Waals surface area (Å²) in [4.78, 5) is 23.7. The molecule has 29 heavy (non-hydrogen) atoms. The number of fused-ring (bicyclic) bond motifs is 1. The molecular formula is C21H31N5O3. The number of hydrogen-bond donors (Lipinski definition) is 2. The number of nitrogens with zero attached hydrogens (tertiary/aromatic N) is 3. The van der Waals surface area contributed by atoms with Crippen LogP contribution in [0.15, 0.2) is 29.4 Å². The first-order chi connectivity index (χ1) is 13.8. The molecule has 2 heterocycles. The van der Waals surface area contributed by atoms with Crippen molar-refractivity contribution in [2.45, 2.75) is 32.8 Å². The van der Waals surface area contributed by atoms with Crippen LogP contribution >= 0.6 is 0 Å². The number of aromatic nitrogens is 1. The van der Waals surface area contributed by atoms with E-state index in [9.17, 15) is 4.79 Å². The van der Waals surface area contributed by atoms with Crippen LogP contribution in [0.5, 0.6) is 5.75 Å². The topological polar surface area (TPSA) is 96.2 Å². The van der Waals surface area contributed by atoms with E-state index in [0.29, 0.717) is 38.7 Å². The van der Waals surface area contributed by atoms with Crippen molar-refractivity contribution in [3.63, 3.8) is 0 Å². The van der Waals surface area contributed by atoms with Gasteiger partial charge in [0.2, 0.25) is 0 Å². The van der Waals surface area contributed by atoms with Gasteiger partial charge in [-0.2, -0.15) is 0 Å². The molecule has 3 N–H and O–H groups in total. The molecule has 0 unspecified atom stereocenters. The van der Waals surface area contributed by atoms with Gasteiger partial charge in [0.1, 0.15) is 11.4 Å². The van der Waals surface area contributed by atoms with Gasteiger partial charge in [-0.05, 0) is 44.9 Å². The zero-order chi connectivity index (χ0) is 21.0. The van der Waals surface area contributed by atoms with Gasteiger partial charge in [-0.25, -0.2) is 4.79 Å². The van der Waals surface area contributed by atoms with Crippen LogP contribution in [-0.4, -0.2) is 72.3 Å². The standard InChI is InChI=1S/C21H31N5O3/c1-21(2,3)29-20(27)26-12-10-25(11-13-26)19(22)23-9-8-15-14-24-16-6-5-7-17(28-4)18(15)16/h5-7,14,24H,8-13H2,1-4H3,(H2,22,23).